The Balaban J connectivity index is 3.16. The first-order valence-electron chi connectivity index (χ1n) is 4.90. The number of nitrogens with one attached hydrogen (secondary N) is 1. The van der Waals surface area contributed by atoms with Crippen LogP contribution in [0, 0.1) is 10.1 Å². The summed E-state index contributed by atoms with van der Waals surface area (Å²) in [4.78, 5) is 9.38. The van der Waals surface area contributed by atoms with E-state index in [4.69, 9.17) is 10.2 Å². The number of hydrogen-bond donors (Lipinski definition) is 3. The predicted molar refractivity (Wildman–Crippen MR) is 61.4 cm³/mol. The van der Waals surface area contributed by atoms with Gasteiger partial charge in [-0.3, -0.25) is 10.1 Å². The maximum atomic E-state index is 11.8. The van der Waals surface area contributed by atoms with Gasteiger partial charge >= 0.3 is 0 Å². The van der Waals surface area contributed by atoms with E-state index in [1.54, 1.807) is 0 Å². The van der Waals surface area contributed by atoms with E-state index < -0.39 is 44.8 Å². The second-order valence-electron chi connectivity index (χ2n) is 3.41. The van der Waals surface area contributed by atoms with Gasteiger partial charge in [-0.05, 0) is 6.07 Å². The number of nitro benzene ring substituents is 1. The van der Waals surface area contributed by atoms with Crippen molar-refractivity contribution >= 4 is 15.7 Å². The predicted octanol–water partition coefficient (Wildman–Crippen LogP) is -0.774. The monoisotopic (exact) mass is 276 g/mol. The summed E-state index contributed by atoms with van der Waals surface area (Å²) in [5.74, 6) is 0. The highest BCUT2D eigenvalue weighted by Gasteiger charge is 2.27. The minimum atomic E-state index is -4.17. The van der Waals surface area contributed by atoms with Gasteiger partial charge in [0.1, 0.15) is 0 Å². The fourth-order valence-corrected chi connectivity index (χ4v) is 2.64. The topological polar surface area (TPSA) is 130 Å². The van der Waals surface area contributed by atoms with Crippen molar-refractivity contribution in [3.8, 4) is 0 Å². The van der Waals surface area contributed by atoms with Crippen molar-refractivity contribution in [3.05, 3.63) is 34.4 Å². The van der Waals surface area contributed by atoms with Crippen LogP contribution >= 0.6 is 0 Å². The molecular formula is C9H12N2O6S. The van der Waals surface area contributed by atoms with Crippen molar-refractivity contribution in [2.75, 3.05) is 13.2 Å². The molecule has 18 heavy (non-hydrogen) atoms. The van der Waals surface area contributed by atoms with Crippen molar-refractivity contribution in [2.24, 2.45) is 0 Å². The van der Waals surface area contributed by atoms with E-state index in [0.29, 0.717) is 0 Å². The van der Waals surface area contributed by atoms with Gasteiger partial charge in [0, 0.05) is 6.07 Å². The Morgan fingerprint density at radius 2 is 1.83 bits per heavy atom. The van der Waals surface area contributed by atoms with Crippen LogP contribution in [0.4, 0.5) is 5.69 Å². The van der Waals surface area contributed by atoms with Crippen LogP contribution in [0.15, 0.2) is 29.2 Å². The van der Waals surface area contributed by atoms with Gasteiger partial charge in [-0.2, -0.15) is 0 Å². The fraction of sp³-hybridized carbons (Fsp3) is 0.333. The Hall–Kier alpha value is -1.55. The van der Waals surface area contributed by atoms with Gasteiger partial charge in [-0.1, -0.05) is 12.1 Å². The van der Waals surface area contributed by atoms with Crippen LogP contribution < -0.4 is 4.72 Å². The molecule has 8 nitrogen and oxygen atoms in total. The molecule has 100 valence electrons. The molecule has 0 aromatic heterocycles. The van der Waals surface area contributed by atoms with E-state index in [9.17, 15) is 18.5 Å². The Morgan fingerprint density at radius 3 is 2.33 bits per heavy atom. The zero-order valence-corrected chi connectivity index (χ0v) is 10.0. The molecule has 0 spiro atoms. The summed E-state index contributed by atoms with van der Waals surface area (Å²) >= 11 is 0. The Bertz CT molecular complexity index is 526. The average molecular weight is 276 g/mol. The number of para-hydroxylation sites is 1. The SMILES string of the molecule is O=[N+]([O-])c1ccccc1S(=O)(=O)NC(CO)CO. The molecule has 0 saturated heterocycles. The highest BCUT2D eigenvalue weighted by Crippen LogP contribution is 2.22. The summed E-state index contributed by atoms with van der Waals surface area (Å²) in [6.45, 7) is -1.23. The van der Waals surface area contributed by atoms with Crippen LogP contribution in [-0.2, 0) is 10.0 Å². The summed E-state index contributed by atoms with van der Waals surface area (Å²) in [6, 6.07) is 3.71. The number of aliphatic hydroxyl groups excluding tert-OH is 2. The Labute approximate surface area is 103 Å². The molecule has 0 aliphatic rings. The molecule has 1 rings (SSSR count). The smallest absolute Gasteiger partial charge is 0.289 e. The number of sulfonamides is 1. The van der Waals surface area contributed by atoms with Gasteiger partial charge in [0.05, 0.1) is 24.2 Å². The second-order valence-corrected chi connectivity index (χ2v) is 5.09. The molecule has 0 unspecified atom stereocenters. The molecule has 0 atom stereocenters. The zero-order valence-electron chi connectivity index (χ0n) is 9.18. The lowest BCUT2D eigenvalue weighted by Gasteiger charge is -2.13. The van der Waals surface area contributed by atoms with E-state index in [1.165, 1.54) is 12.1 Å². The van der Waals surface area contributed by atoms with Gasteiger partial charge in [-0.25, -0.2) is 13.1 Å². The van der Waals surface area contributed by atoms with E-state index in [1.807, 2.05) is 4.72 Å². The van der Waals surface area contributed by atoms with Crippen LogP contribution in [0.3, 0.4) is 0 Å². The largest absolute Gasteiger partial charge is 0.395 e. The first-order chi connectivity index (χ1) is 8.42. The molecule has 0 amide bonds. The van der Waals surface area contributed by atoms with Crippen LogP contribution in [0.25, 0.3) is 0 Å². The lowest BCUT2D eigenvalue weighted by atomic mass is 10.3. The number of benzene rings is 1. The minimum Gasteiger partial charge on any atom is -0.395 e. The maximum Gasteiger partial charge on any atom is 0.289 e. The standard InChI is InChI=1S/C9H12N2O6S/c12-5-7(6-13)10-18(16,17)9-4-2-1-3-8(9)11(14)15/h1-4,7,10,12-13H,5-6H2. The quantitative estimate of drug-likeness (QED) is 0.462. The maximum absolute atomic E-state index is 11.8. The summed E-state index contributed by atoms with van der Waals surface area (Å²) < 4.78 is 25.7. The molecule has 0 saturated carbocycles. The van der Waals surface area contributed by atoms with E-state index >= 15 is 0 Å². The van der Waals surface area contributed by atoms with E-state index in [2.05, 4.69) is 0 Å². The summed E-state index contributed by atoms with van der Waals surface area (Å²) in [7, 11) is -4.17. The number of nitro groups is 1. The summed E-state index contributed by atoms with van der Waals surface area (Å²) in [5.41, 5.74) is -0.570. The number of aliphatic hydroxyl groups is 2. The molecule has 0 aliphatic heterocycles. The summed E-state index contributed by atoms with van der Waals surface area (Å²) in [6.07, 6.45) is 0. The third-order valence-electron chi connectivity index (χ3n) is 2.11. The molecule has 0 heterocycles. The highest BCUT2D eigenvalue weighted by molar-refractivity contribution is 7.89. The van der Waals surface area contributed by atoms with Crippen molar-refractivity contribution in [2.45, 2.75) is 10.9 Å². The number of hydrogen-bond acceptors (Lipinski definition) is 6. The molecule has 9 heteroatoms. The number of nitrogens with zero attached hydrogens (tertiary/aromatic N) is 1. The van der Waals surface area contributed by atoms with Crippen LogP contribution in [0.1, 0.15) is 0 Å². The minimum absolute atomic E-state index is 0.512. The molecule has 3 N–H and O–H groups in total. The van der Waals surface area contributed by atoms with Crippen LogP contribution in [-0.4, -0.2) is 42.8 Å². The lowest BCUT2D eigenvalue weighted by molar-refractivity contribution is -0.387. The molecule has 0 radical (unpaired) electrons. The average Bonchev–Trinajstić information content (AvgIpc) is 2.36. The van der Waals surface area contributed by atoms with Gasteiger partial charge in [0.25, 0.3) is 5.69 Å². The molecular weight excluding hydrogens is 264 g/mol. The van der Waals surface area contributed by atoms with Gasteiger partial charge in [-0.15, -0.1) is 0 Å². The Morgan fingerprint density at radius 1 is 1.28 bits per heavy atom. The zero-order chi connectivity index (χ0) is 13.8. The van der Waals surface area contributed by atoms with Crippen molar-refractivity contribution in [3.63, 3.8) is 0 Å². The normalized spacial score (nSPS) is 11.7. The van der Waals surface area contributed by atoms with Gasteiger partial charge in [0.2, 0.25) is 10.0 Å². The number of rotatable bonds is 6. The summed E-state index contributed by atoms with van der Waals surface area (Å²) in [5, 5.41) is 28.3. The fourth-order valence-electron chi connectivity index (χ4n) is 1.25. The van der Waals surface area contributed by atoms with E-state index in [0.717, 1.165) is 12.1 Å². The van der Waals surface area contributed by atoms with Crippen molar-refractivity contribution < 1.29 is 23.6 Å². The molecule has 1 aromatic rings. The third-order valence-corrected chi connectivity index (χ3v) is 3.68. The first kappa shape index (κ1) is 14.5. The second kappa shape index (κ2) is 5.87. The first-order valence-corrected chi connectivity index (χ1v) is 6.38. The molecule has 0 aliphatic carbocycles. The Kier molecular flexibility index (Phi) is 4.73. The van der Waals surface area contributed by atoms with E-state index in [-0.39, 0.29) is 0 Å². The third kappa shape index (κ3) is 3.23. The lowest BCUT2D eigenvalue weighted by Crippen LogP contribution is -2.40. The molecule has 0 bridgehead atoms. The molecule has 1 aromatic carbocycles. The highest BCUT2D eigenvalue weighted by atomic mass is 32.2. The van der Waals surface area contributed by atoms with Gasteiger partial charge < -0.3 is 10.2 Å². The van der Waals surface area contributed by atoms with Gasteiger partial charge in [0.15, 0.2) is 4.90 Å². The van der Waals surface area contributed by atoms with Crippen molar-refractivity contribution in [1.29, 1.82) is 0 Å². The van der Waals surface area contributed by atoms with Crippen LogP contribution in [0.5, 0.6) is 0 Å². The van der Waals surface area contributed by atoms with Crippen molar-refractivity contribution in [1.82, 2.24) is 4.72 Å². The molecule has 0 fully saturated rings. The van der Waals surface area contributed by atoms with Crippen LogP contribution in [0.2, 0.25) is 0 Å².